The van der Waals surface area contributed by atoms with Crippen molar-refractivity contribution in [3.05, 3.63) is 5.01 Å². The number of aromatic nitrogens is 2. The fourth-order valence-electron chi connectivity index (χ4n) is 2.27. The number of hydrogen-bond donors (Lipinski definition) is 1. The minimum atomic E-state index is -0.754. The maximum Gasteiger partial charge on any atom is 0.326 e. The first-order valence-electron chi connectivity index (χ1n) is 5.91. The topological polar surface area (TPSA) is 66.3 Å². The van der Waals surface area contributed by atoms with Crippen molar-refractivity contribution in [1.29, 1.82) is 0 Å². The number of aliphatic carboxylic acids is 1. The molecule has 0 saturated carbocycles. The maximum absolute atomic E-state index is 11.3. The summed E-state index contributed by atoms with van der Waals surface area (Å²) in [5, 5.41) is 18.9. The van der Waals surface area contributed by atoms with Crippen LogP contribution < -0.4 is 4.90 Å². The molecule has 2 unspecified atom stereocenters. The van der Waals surface area contributed by atoms with Crippen LogP contribution >= 0.6 is 11.3 Å². The van der Waals surface area contributed by atoms with Gasteiger partial charge in [-0.05, 0) is 25.7 Å². The van der Waals surface area contributed by atoms with Crippen molar-refractivity contribution in [1.82, 2.24) is 10.2 Å². The molecule has 0 amide bonds. The molecule has 94 valence electrons. The third-order valence-corrected chi connectivity index (χ3v) is 4.21. The van der Waals surface area contributed by atoms with Crippen molar-refractivity contribution < 1.29 is 9.90 Å². The highest BCUT2D eigenvalue weighted by Gasteiger charge is 2.34. The Bertz CT molecular complexity index is 407. The van der Waals surface area contributed by atoms with Crippen molar-refractivity contribution in [3.63, 3.8) is 0 Å². The molecule has 2 heterocycles. The molecule has 17 heavy (non-hydrogen) atoms. The first-order chi connectivity index (χ1) is 8.11. The zero-order chi connectivity index (χ0) is 12.4. The van der Waals surface area contributed by atoms with Gasteiger partial charge in [0.1, 0.15) is 11.0 Å². The molecule has 0 bridgehead atoms. The van der Waals surface area contributed by atoms with Crippen molar-refractivity contribution in [2.75, 3.05) is 11.4 Å². The monoisotopic (exact) mass is 255 g/mol. The Kier molecular flexibility index (Phi) is 3.61. The molecule has 1 saturated heterocycles. The van der Waals surface area contributed by atoms with Crippen LogP contribution in [0, 0.1) is 12.8 Å². The minimum absolute atomic E-state index is 0.443. The standard InChI is InChI=1S/C11H17N3O2S/c1-3-8-4-5-14(9(6-8)10(15)16)11-13-12-7(2)17-11/h8-9H,3-6H2,1-2H3,(H,15,16). The number of nitrogens with zero attached hydrogens (tertiary/aromatic N) is 3. The number of rotatable bonds is 3. The van der Waals surface area contributed by atoms with E-state index in [4.69, 9.17) is 0 Å². The smallest absolute Gasteiger partial charge is 0.326 e. The number of carboxylic acids is 1. The van der Waals surface area contributed by atoms with Gasteiger partial charge in [0.25, 0.3) is 0 Å². The summed E-state index contributed by atoms with van der Waals surface area (Å²) in [6.07, 6.45) is 2.80. The van der Waals surface area contributed by atoms with Gasteiger partial charge in [0, 0.05) is 6.54 Å². The van der Waals surface area contributed by atoms with Gasteiger partial charge >= 0.3 is 5.97 Å². The molecular weight excluding hydrogens is 238 g/mol. The second kappa shape index (κ2) is 5.00. The second-order valence-electron chi connectivity index (χ2n) is 4.45. The van der Waals surface area contributed by atoms with Crippen molar-refractivity contribution in [3.8, 4) is 0 Å². The number of anilines is 1. The van der Waals surface area contributed by atoms with Crippen LogP contribution in [0.4, 0.5) is 5.13 Å². The van der Waals surface area contributed by atoms with E-state index in [9.17, 15) is 9.90 Å². The average Bonchev–Trinajstić information content (AvgIpc) is 2.75. The van der Waals surface area contributed by atoms with E-state index in [1.165, 1.54) is 11.3 Å². The molecule has 1 N–H and O–H groups in total. The SMILES string of the molecule is CCC1CCN(c2nnc(C)s2)C(C(=O)O)C1. The van der Waals surface area contributed by atoms with Crippen LogP contribution in [-0.2, 0) is 4.79 Å². The van der Waals surface area contributed by atoms with E-state index in [0.717, 1.165) is 29.5 Å². The molecule has 0 aliphatic carbocycles. The summed E-state index contributed by atoms with van der Waals surface area (Å²) in [4.78, 5) is 13.2. The zero-order valence-electron chi connectivity index (χ0n) is 10.1. The van der Waals surface area contributed by atoms with Crippen LogP contribution in [-0.4, -0.2) is 33.9 Å². The maximum atomic E-state index is 11.3. The predicted molar refractivity (Wildman–Crippen MR) is 66.4 cm³/mol. The summed E-state index contributed by atoms with van der Waals surface area (Å²) in [5.74, 6) is -0.239. The molecule has 0 spiro atoms. The van der Waals surface area contributed by atoms with Gasteiger partial charge in [-0.15, -0.1) is 10.2 Å². The van der Waals surface area contributed by atoms with E-state index in [-0.39, 0.29) is 0 Å². The van der Waals surface area contributed by atoms with Gasteiger partial charge in [-0.2, -0.15) is 0 Å². The van der Waals surface area contributed by atoms with Gasteiger partial charge in [0.2, 0.25) is 5.13 Å². The van der Waals surface area contributed by atoms with Crippen LogP contribution in [0.25, 0.3) is 0 Å². The van der Waals surface area contributed by atoms with Gasteiger partial charge in [-0.25, -0.2) is 4.79 Å². The average molecular weight is 255 g/mol. The van der Waals surface area contributed by atoms with E-state index in [2.05, 4.69) is 17.1 Å². The van der Waals surface area contributed by atoms with Gasteiger partial charge < -0.3 is 10.0 Å². The predicted octanol–water partition coefficient (Wildman–Crippen LogP) is 1.93. The molecule has 2 atom stereocenters. The number of carbonyl (C=O) groups is 1. The highest BCUT2D eigenvalue weighted by Crippen LogP contribution is 2.31. The van der Waals surface area contributed by atoms with E-state index >= 15 is 0 Å². The van der Waals surface area contributed by atoms with Gasteiger partial charge in [0.15, 0.2) is 0 Å². The molecule has 0 aromatic carbocycles. The summed E-state index contributed by atoms with van der Waals surface area (Å²) < 4.78 is 0. The molecule has 1 aliphatic heterocycles. The fourth-order valence-corrected chi connectivity index (χ4v) is 3.04. The van der Waals surface area contributed by atoms with E-state index < -0.39 is 12.0 Å². The Balaban J connectivity index is 2.18. The third kappa shape index (κ3) is 2.57. The number of aryl methyl sites for hydroxylation is 1. The quantitative estimate of drug-likeness (QED) is 0.894. The lowest BCUT2D eigenvalue weighted by atomic mass is 9.89. The lowest BCUT2D eigenvalue weighted by Crippen LogP contribution is -2.47. The Morgan fingerprint density at radius 2 is 2.35 bits per heavy atom. The molecule has 5 nitrogen and oxygen atoms in total. The third-order valence-electron chi connectivity index (χ3n) is 3.33. The van der Waals surface area contributed by atoms with Gasteiger partial charge in [-0.1, -0.05) is 24.7 Å². The van der Waals surface area contributed by atoms with Crippen LogP contribution in [0.5, 0.6) is 0 Å². The molecule has 1 aliphatic rings. The van der Waals surface area contributed by atoms with Crippen LogP contribution in [0.2, 0.25) is 0 Å². The van der Waals surface area contributed by atoms with Crippen LogP contribution in [0.15, 0.2) is 0 Å². The highest BCUT2D eigenvalue weighted by atomic mass is 32.1. The summed E-state index contributed by atoms with van der Waals surface area (Å²) in [7, 11) is 0. The van der Waals surface area contributed by atoms with Crippen LogP contribution in [0.1, 0.15) is 31.2 Å². The normalized spacial score (nSPS) is 24.9. The van der Waals surface area contributed by atoms with Crippen molar-refractivity contribution >= 4 is 22.4 Å². The van der Waals surface area contributed by atoms with Crippen molar-refractivity contribution in [2.24, 2.45) is 5.92 Å². The molecule has 1 aromatic rings. The Morgan fingerprint density at radius 3 is 2.88 bits per heavy atom. The van der Waals surface area contributed by atoms with Crippen molar-refractivity contribution in [2.45, 2.75) is 39.2 Å². The Labute approximate surface area is 104 Å². The first-order valence-corrected chi connectivity index (χ1v) is 6.73. The number of carboxylic acid groups (broad SMARTS) is 1. The number of hydrogen-bond acceptors (Lipinski definition) is 5. The van der Waals surface area contributed by atoms with E-state index in [1.54, 1.807) is 0 Å². The van der Waals surface area contributed by atoms with Gasteiger partial charge in [0.05, 0.1) is 0 Å². The highest BCUT2D eigenvalue weighted by molar-refractivity contribution is 7.15. The largest absolute Gasteiger partial charge is 0.480 e. The Morgan fingerprint density at radius 1 is 1.59 bits per heavy atom. The molecule has 6 heteroatoms. The zero-order valence-corrected chi connectivity index (χ0v) is 10.9. The summed E-state index contributed by atoms with van der Waals surface area (Å²) >= 11 is 1.46. The summed E-state index contributed by atoms with van der Waals surface area (Å²) in [5.41, 5.74) is 0. The minimum Gasteiger partial charge on any atom is -0.480 e. The summed E-state index contributed by atoms with van der Waals surface area (Å²) in [6, 6.07) is -0.443. The lowest BCUT2D eigenvalue weighted by molar-refractivity contribution is -0.139. The molecule has 0 radical (unpaired) electrons. The van der Waals surface area contributed by atoms with Gasteiger partial charge in [-0.3, -0.25) is 0 Å². The fraction of sp³-hybridized carbons (Fsp3) is 0.727. The first kappa shape index (κ1) is 12.3. The number of piperidine rings is 1. The summed E-state index contributed by atoms with van der Waals surface area (Å²) in [6.45, 7) is 4.77. The molecule has 2 rings (SSSR count). The second-order valence-corrected chi connectivity index (χ2v) is 5.61. The van der Waals surface area contributed by atoms with Crippen LogP contribution in [0.3, 0.4) is 0 Å². The lowest BCUT2D eigenvalue weighted by Gasteiger charge is -2.36. The molecular formula is C11H17N3O2S. The van der Waals surface area contributed by atoms with E-state index in [0.29, 0.717) is 12.3 Å². The molecule has 1 aromatic heterocycles. The van der Waals surface area contributed by atoms with E-state index in [1.807, 2.05) is 11.8 Å². The Hall–Kier alpha value is -1.17. The molecule has 1 fully saturated rings.